The lowest BCUT2D eigenvalue weighted by molar-refractivity contribution is 0.102. The van der Waals surface area contributed by atoms with Crippen molar-refractivity contribution in [2.24, 2.45) is 0 Å². The average Bonchev–Trinajstić information content (AvgIpc) is 2.62. The Kier molecular flexibility index (Phi) is 5.55. The van der Waals surface area contributed by atoms with Crippen LogP contribution >= 0.6 is 23.2 Å². The molecule has 0 fully saturated rings. The molecule has 0 radical (unpaired) electrons. The number of rotatable bonds is 5. The molecule has 0 aliphatic carbocycles. The van der Waals surface area contributed by atoms with Crippen LogP contribution in [0.4, 0.5) is 17.3 Å². The minimum atomic E-state index is -0.405. The van der Waals surface area contributed by atoms with E-state index in [2.05, 4.69) is 20.6 Å². The maximum atomic E-state index is 12.5. The molecule has 0 spiro atoms. The topological polar surface area (TPSA) is 76.1 Å². The second-order valence-electron chi connectivity index (χ2n) is 5.17. The van der Waals surface area contributed by atoms with Crippen molar-refractivity contribution in [1.29, 1.82) is 0 Å². The lowest BCUT2D eigenvalue weighted by Gasteiger charge is -2.10. The highest BCUT2D eigenvalue weighted by atomic mass is 35.5. The van der Waals surface area contributed by atoms with E-state index in [0.29, 0.717) is 23.2 Å². The molecule has 0 aliphatic heterocycles. The van der Waals surface area contributed by atoms with E-state index in [1.54, 1.807) is 61.8 Å². The number of carbonyl (C=O) groups is 1. The minimum Gasteiger partial charge on any atom is -0.481 e. The number of nitrogens with one attached hydrogen (secondary N) is 2. The Morgan fingerprint density at radius 2 is 1.77 bits per heavy atom. The number of hydrogen-bond donors (Lipinski definition) is 2. The maximum absolute atomic E-state index is 12.5. The second-order valence-corrected chi connectivity index (χ2v) is 5.99. The Balaban J connectivity index is 1.78. The first-order valence-electron chi connectivity index (χ1n) is 7.56. The fourth-order valence-electron chi connectivity index (χ4n) is 2.21. The molecule has 0 bridgehead atoms. The van der Waals surface area contributed by atoms with E-state index < -0.39 is 5.91 Å². The summed E-state index contributed by atoms with van der Waals surface area (Å²) in [7, 11) is 1.54. The molecule has 0 saturated heterocycles. The average molecular weight is 389 g/mol. The molecule has 2 heterocycles. The van der Waals surface area contributed by atoms with Crippen LogP contribution in [0.2, 0.25) is 10.0 Å². The SMILES string of the molecule is COc1cccc(Nc2cc(NC(=O)c3c(Cl)cccc3Cl)ccn2)n1. The molecule has 3 aromatic rings. The van der Waals surface area contributed by atoms with Crippen LogP contribution < -0.4 is 15.4 Å². The lowest BCUT2D eigenvalue weighted by Crippen LogP contribution is -2.13. The van der Waals surface area contributed by atoms with E-state index in [1.807, 2.05) is 0 Å². The number of aromatic nitrogens is 2. The van der Waals surface area contributed by atoms with Crippen LogP contribution in [0.1, 0.15) is 10.4 Å². The number of pyridine rings is 2. The summed E-state index contributed by atoms with van der Waals surface area (Å²) in [4.78, 5) is 20.9. The monoisotopic (exact) mass is 388 g/mol. The molecule has 1 aromatic carbocycles. The number of ether oxygens (including phenoxy) is 1. The predicted molar refractivity (Wildman–Crippen MR) is 103 cm³/mol. The summed E-state index contributed by atoms with van der Waals surface area (Å²) in [5, 5.41) is 6.37. The highest BCUT2D eigenvalue weighted by Gasteiger charge is 2.15. The standard InChI is InChI=1S/C18H14Cl2N4O2/c1-26-16-7-3-6-14(24-16)23-15-10-11(8-9-21-15)22-18(25)17-12(19)4-2-5-13(17)20/h2-10H,1H3,(H2,21,22,23,24,25). The quantitative estimate of drug-likeness (QED) is 0.656. The first kappa shape index (κ1) is 18.0. The molecule has 2 N–H and O–H groups in total. The molecule has 8 heteroatoms. The molecule has 1 amide bonds. The summed E-state index contributed by atoms with van der Waals surface area (Å²) >= 11 is 12.1. The first-order valence-corrected chi connectivity index (χ1v) is 8.32. The van der Waals surface area contributed by atoms with Crippen LogP contribution in [0.15, 0.2) is 54.7 Å². The number of nitrogens with zero attached hydrogens (tertiary/aromatic N) is 2. The van der Waals surface area contributed by atoms with Gasteiger partial charge in [0, 0.05) is 24.0 Å². The van der Waals surface area contributed by atoms with Crippen molar-refractivity contribution in [2.75, 3.05) is 17.7 Å². The Labute approximate surface area is 160 Å². The Morgan fingerprint density at radius 3 is 2.50 bits per heavy atom. The first-order chi connectivity index (χ1) is 12.6. The highest BCUT2D eigenvalue weighted by molar-refractivity contribution is 6.40. The van der Waals surface area contributed by atoms with Gasteiger partial charge in [0.15, 0.2) is 0 Å². The van der Waals surface area contributed by atoms with Gasteiger partial charge < -0.3 is 15.4 Å². The summed E-state index contributed by atoms with van der Waals surface area (Å²) in [6, 6.07) is 13.5. The van der Waals surface area contributed by atoms with Gasteiger partial charge in [-0.15, -0.1) is 0 Å². The molecule has 0 unspecified atom stereocenters. The van der Waals surface area contributed by atoms with E-state index in [0.717, 1.165) is 0 Å². The van der Waals surface area contributed by atoms with E-state index in [1.165, 1.54) is 0 Å². The van der Waals surface area contributed by atoms with Gasteiger partial charge in [-0.05, 0) is 24.3 Å². The van der Waals surface area contributed by atoms with Gasteiger partial charge in [-0.3, -0.25) is 4.79 Å². The van der Waals surface area contributed by atoms with Crippen molar-refractivity contribution >= 4 is 46.4 Å². The van der Waals surface area contributed by atoms with Crippen LogP contribution in [0.5, 0.6) is 5.88 Å². The lowest BCUT2D eigenvalue weighted by atomic mass is 10.2. The number of hydrogen-bond acceptors (Lipinski definition) is 5. The van der Waals surface area contributed by atoms with Crippen molar-refractivity contribution in [3.8, 4) is 5.88 Å². The van der Waals surface area contributed by atoms with Crippen LogP contribution in [-0.2, 0) is 0 Å². The van der Waals surface area contributed by atoms with Gasteiger partial charge >= 0.3 is 0 Å². The zero-order valence-electron chi connectivity index (χ0n) is 13.7. The van der Waals surface area contributed by atoms with Gasteiger partial charge in [0.25, 0.3) is 5.91 Å². The zero-order valence-corrected chi connectivity index (χ0v) is 15.2. The van der Waals surface area contributed by atoms with Crippen LogP contribution in [0.3, 0.4) is 0 Å². The van der Waals surface area contributed by atoms with Gasteiger partial charge in [-0.1, -0.05) is 35.3 Å². The molecule has 0 aliphatic rings. The summed E-state index contributed by atoms with van der Waals surface area (Å²) in [5.41, 5.74) is 0.753. The molecule has 0 saturated carbocycles. The molecule has 132 valence electrons. The smallest absolute Gasteiger partial charge is 0.258 e. The summed E-state index contributed by atoms with van der Waals surface area (Å²) in [6.45, 7) is 0. The molecule has 6 nitrogen and oxygen atoms in total. The largest absolute Gasteiger partial charge is 0.481 e. The summed E-state index contributed by atoms with van der Waals surface area (Å²) < 4.78 is 5.09. The van der Waals surface area contributed by atoms with Crippen molar-refractivity contribution in [3.05, 3.63) is 70.3 Å². The summed E-state index contributed by atoms with van der Waals surface area (Å²) in [6.07, 6.45) is 1.56. The highest BCUT2D eigenvalue weighted by Crippen LogP contribution is 2.26. The van der Waals surface area contributed by atoms with Crippen LogP contribution in [0, 0.1) is 0 Å². The normalized spacial score (nSPS) is 10.3. The van der Waals surface area contributed by atoms with Crippen LogP contribution in [0.25, 0.3) is 0 Å². The summed E-state index contributed by atoms with van der Waals surface area (Å²) in [5.74, 6) is 1.15. The van der Waals surface area contributed by atoms with Crippen molar-refractivity contribution in [1.82, 2.24) is 9.97 Å². The van der Waals surface area contributed by atoms with E-state index in [4.69, 9.17) is 27.9 Å². The third-order valence-electron chi connectivity index (χ3n) is 3.40. The molecular weight excluding hydrogens is 375 g/mol. The Morgan fingerprint density at radius 1 is 1.04 bits per heavy atom. The van der Waals surface area contributed by atoms with Crippen LogP contribution in [-0.4, -0.2) is 23.0 Å². The van der Waals surface area contributed by atoms with Gasteiger partial charge in [0.05, 0.1) is 22.7 Å². The maximum Gasteiger partial charge on any atom is 0.258 e. The zero-order chi connectivity index (χ0) is 18.5. The molecule has 26 heavy (non-hydrogen) atoms. The third-order valence-corrected chi connectivity index (χ3v) is 4.03. The number of amides is 1. The van der Waals surface area contributed by atoms with Gasteiger partial charge in [0.2, 0.25) is 5.88 Å². The van der Waals surface area contributed by atoms with Gasteiger partial charge in [-0.2, -0.15) is 4.98 Å². The van der Waals surface area contributed by atoms with Gasteiger partial charge in [0.1, 0.15) is 11.6 Å². The van der Waals surface area contributed by atoms with Gasteiger partial charge in [-0.25, -0.2) is 4.98 Å². The molecular formula is C18H14Cl2N4O2. The molecule has 3 rings (SSSR count). The molecule has 0 atom stereocenters. The predicted octanol–water partition coefficient (Wildman–Crippen LogP) is 4.79. The van der Waals surface area contributed by atoms with Crippen molar-refractivity contribution in [3.63, 3.8) is 0 Å². The fourth-order valence-corrected chi connectivity index (χ4v) is 2.78. The Bertz CT molecular complexity index is 930. The van der Waals surface area contributed by atoms with E-state index in [9.17, 15) is 4.79 Å². The third kappa shape index (κ3) is 4.22. The number of halogens is 2. The number of benzene rings is 1. The molecule has 2 aromatic heterocycles. The minimum absolute atomic E-state index is 0.219. The number of methoxy groups -OCH3 is 1. The second kappa shape index (κ2) is 8.03. The van der Waals surface area contributed by atoms with Crippen molar-refractivity contribution in [2.45, 2.75) is 0 Å². The van der Waals surface area contributed by atoms with E-state index >= 15 is 0 Å². The Hall–Kier alpha value is -2.83. The number of carbonyl (C=O) groups excluding carboxylic acids is 1. The van der Waals surface area contributed by atoms with Crippen molar-refractivity contribution < 1.29 is 9.53 Å². The van der Waals surface area contributed by atoms with E-state index in [-0.39, 0.29) is 15.6 Å². The fraction of sp³-hybridized carbons (Fsp3) is 0.0556. The number of anilines is 3.